The van der Waals surface area contributed by atoms with Crippen LogP contribution >= 0.6 is 0 Å². The van der Waals surface area contributed by atoms with Crippen LogP contribution in [0.5, 0.6) is 0 Å². The molecule has 0 fully saturated rings. The zero-order valence-corrected chi connectivity index (χ0v) is 13.8. The Hall–Kier alpha value is -2.13. The van der Waals surface area contributed by atoms with Crippen molar-refractivity contribution in [3.63, 3.8) is 0 Å². The van der Waals surface area contributed by atoms with Gasteiger partial charge < -0.3 is 4.90 Å². The van der Waals surface area contributed by atoms with Gasteiger partial charge in [0, 0.05) is 44.0 Å². The van der Waals surface area contributed by atoms with E-state index in [9.17, 15) is 0 Å². The van der Waals surface area contributed by atoms with Gasteiger partial charge in [0.05, 0.1) is 11.6 Å². The van der Waals surface area contributed by atoms with Gasteiger partial charge in [-0.25, -0.2) is 0 Å². The average Bonchev–Trinajstić information content (AvgIpc) is 2.85. The molecule has 1 atom stereocenters. The molecule has 2 aromatic rings. The molecule has 1 heterocycles. The molecule has 0 saturated carbocycles. The van der Waals surface area contributed by atoms with Crippen molar-refractivity contribution in [1.29, 1.82) is 0 Å². The molecule has 3 nitrogen and oxygen atoms in total. The smallest absolute Gasteiger partial charge is 0.164 e. The van der Waals surface area contributed by atoms with Gasteiger partial charge in [-0.2, -0.15) is 0 Å². The van der Waals surface area contributed by atoms with E-state index in [2.05, 4.69) is 93.7 Å². The summed E-state index contributed by atoms with van der Waals surface area (Å²) in [5.41, 5.74) is 3.72. The number of benzene rings is 2. The van der Waals surface area contributed by atoms with Crippen molar-refractivity contribution in [2.24, 2.45) is 10.5 Å². The average molecular weight is 294 g/mol. The van der Waals surface area contributed by atoms with Crippen molar-refractivity contribution in [2.45, 2.75) is 13.8 Å². The van der Waals surface area contributed by atoms with Crippen LogP contribution in [0, 0.1) is 5.41 Å². The number of quaternary nitrogens is 1. The fourth-order valence-electron chi connectivity index (χ4n) is 3.06. The SMILES string of the molecule is CN(C)c1ccc([N+]2(c3ccccc3)CC(C)(C)C=N2)cc1. The molecule has 0 radical (unpaired) electrons. The third kappa shape index (κ3) is 2.53. The minimum absolute atomic E-state index is 0.0933. The third-order valence-electron chi connectivity index (χ3n) is 4.22. The van der Waals surface area contributed by atoms with E-state index in [1.807, 2.05) is 0 Å². The van der Waals surface area contributed by atoms with Gasteiger partial charge in [-0.15, -0.1) is 4.59 Å². The van der Waals surface area contributed by atoms with Crippen LogP contribution in [0.2, 0.25) is 0 Å². The third-order valence-corrected chi connectivity index (χ3v) is 4.22. The molecule has 0 aliphatic carbocycles. The highest BCUT2D eigenvalue weighted by Gasteiger charge is 2.44. The second kappa shape index (κ2) is 5.25. The molecule has 1 aliphatic heterocycles. The summed E-state index contributed by atoms with van der Waals surface area (Å²) >= 11 is 0. The Morgan fingerprint density at radius 3 is 2.00 bits per heavy atom. The van der Waals surface area contributed by atoms with Crippen LogP contribution in [0.3, 0.4) is 0 Å². The Morgan fingerprint density at radius 1 is 0.909 bits per heavy atom. The van der Waals surface area contributed by atoms with Gasteiger partial charge in [0.25, 0.3) is 0 Å². The van der Waals surface area contributed by atoms with E-state index in [1.165, 1.54) is 17.1 Å². The molecule has 0 spiro atoms. The van der Waals surface area contributed by atoms with Gasteiger partial charge in [0.15, 0.2) is 11.4 Å². The molecule has 22 heavy (non-hydrogen) atoms. The number of hydrogen-bond acceptors (Lipinski definition) is 2. The van der Waals surface area contributed by atoms with Gasteiger partial charge in [-0.05, 0) is 26.0 Å². The molecule has 1 aliphatic rings. The van der Waals surface area contributed by atoms with Gasteiger partial charge in [0.1, 0.15) is 6.54 Å². The van der Waals surface area contributed by atoms with E-state index >= 15 is 0 Å². The maximum absolute atomic E-state index is 4.93. The first-order chi connectivity index (χ1) is 10.4. The summed E-state index contributed by atoms with van der Waals surface area (Å²) in [4.78, 5) is 2.12. The predicted octanol–water partition coefficient (Wildman–Crippen LogP) is 4.42. The van der Waals surface area contributed by atoms with Crippen molar-refractivity contribution in [1.82, 2.24) is 4.59 Å². The fraction of sp³-hybridized carbons (Fsp3) is 0.316. The normalized spacial score (nSPS) is 22.7. The molecule has 0 N–H and O–H groups in total. The highest BCUT2D eigenvalue weighted by atomic mass is 15.6. The molecule has 2 aromatic carbocycles. The van der Waals surface area contributed by atoms with E-state index < -0.39 is 0 Å². The summed E-state index contributed by atoms with van der Waals surface area (Å²) in [6.45, 7) is 5.43. The van der Waals surface area contributed by atoms with Crippen LogP contribution in [0.15, 0.2) is 59.7 Å². The minimum atomic E-state index is 0.0933. The molecule has 114 valence electrons. The number of hydrogen-bond donors (Lipinski definition) is 0. The Morgan fingerprint density at radius 2 is 1.50 bits per heavy atom. The summed E-state index contributed by atoms with van der Waals surface area (Å²) in [6.07, 6.45) is 2.10. The molecule has 3 heteroatoms. The van der Waals surface area contributed by atoms with Gasteiger partial charge in [0.2, 0.25) is 0 Å². The summed E-state index contributed by atoms with van der Waals surface area (Å²) in [5.74, 6) is 0. The molecule has 0 saturated heterocycles. The zero-order chi connectivity index (χ0) is 15.8. The maximum Gasteiger partial charge on any atom is 0.164 e. The van der Waals surface area contributed by atoms with E-state index in [1.54, 1.807) is 0 Å². The zero-order valence-electron chi connectivity index (χ0n) is 13.8. The van der Waals surface area contributed by atoms with E-state index in [-0.39, 0.29) is 5.41 Å². The topological polar surface area (TPSA) is 15.6 Å². The lowest BCUT2D eigenvalue weighted by Crippen LogP contribution is -2.40. The molecular weight excluding hydrogens is 270 g/mol. The maximum atomic E-state index is 4.93. The first-order valence-corrected chi connectivity index (χ1v) is 7.71. The van der Waals surface area contributed by atoms with E-state index in [0.717, 1.165) is 6.54 Å². The Labute approximate surface area is 133 Å². The second-order valence-electron chi connectivity index (χ2n) is 6.91. The Bertz CT molecular complexity index is 672. The molecular formula is C19H24N3+. The van der Waals surface area contributed by atoms with Crippen molar-refractivity contribution < 1.29 is 0 Å². The number of anilines is 1. The molecule has 1 unspecified atom stereocenters. The lowest BCUT2D eigenvalue weighted by Gasteiger charge is -2.30. The lowest BCUT2D eigenvalue weighted by atomic mass is 9.95. The first kappa shape index (κ1) is 14.8. The Balaban J connectivity index is 2.10. The van der Waals surface area contributed by atoms with Crippen LogP contribution < -0.4 is 9.49 Å². The fourth-order valence-corrected chi connectivity index (χ4v) is 3.06. The van der Waals surface area contributed by atoms with Gasteiger partial charge in [-0.3, -0.25) is 0 Å². The van der Waals surface area contributed by atoms with Crippen molar-refractivity contribution >= 4 is 23.3 Å². The summed E-state index contributed by atoms with van der Waals surface area (Å²) < 4.78 is 0.543. The number of para-hydroxylation sites is 1. The van der Waals surface area contributed by atoms with Crippen LogP contribution in [0.1, 0.15) is 13.8 Å². The van der Waals surface area contributed by atoms with Crippen molar-refractivity contribution in [3.8, 4) is 0 Å². The van der Waals surface area contributed by atoms with Crippen molar-refractivity contribution in [2.75, 3.05) is 25.5 Å². The lowest BCUT2D eigenvalue weighted by molar-refractivity contribution is 0.358. The molecule has 0 bridgehead atoms. The number of nitrogens with zero attached hydrogens (tertiary/aromatic N) is 3. The number of rotatable bonds is 3. The van der Waals surface area contributed by atoms with E-state index in [4.69, 9.17) is 5.10 Å². The van der Waals surface area contributed by atoms with E-state index in [0.29, 0.717) is 4.59 Å². The monoisotopic (exact) mass is 294 g/mol. The quantitative estimate of drug-likeness (QED) is 0.765. The predicted molar refractivity (Wildman–Crippen MR) is 95.8 cm³/mol. The highest BCUT2D eigenvalue weighted by molar-refractivity contribution is 5.74. The van der Waals surface area contributed by atoms with Crippen LogP contribution in [0.25, 0.3) is 0 Å². The second-order valence-corrected chi connectivity index (χ2v) is 6.91. The molecule has 0 amide bonds. The minimum Gasteiger partial charge on any atom is -0.378 e. The molecule has 3 rings (SSSR count). The van der Waals surface area contributed by atoms with Gasteiger partial charge >= 0.3 is 0 Å². The van der Waals surface area contributed by atoms with Crippen LogP contribution in [-0.2, 0) is 0 Å². The van der Waals surface area contributed by atoms with Crippen LogP contribution in [0.4, 0.5) is 17.1 Å². The standard InChI is InChI=1S/C19H24N3/c1-19(2)14-20-22(15-19,17-8-6-5-7-9-17)18-12-10-16(11-13-18)21(3)4/h5-14H,15H2,1-4H3/q+1. The van der Waals surface area contributed by atoms with Crippen LogP contribution in [-0.4, -0.2) is 26.9 Å². The first-order valence-electron chi connectivity index (χ1n) is 7.71. The Kier molecular flexibility index (Phi) is 3.53. The summed E-state index contributed by atoms with van der Waals surface area (Å²) in [6, 6.07) is 19.3. The summed E-state index contributed by atoms with van der Waals surface area (Å²) in [5, 5.41) is 4.93. The highest BCUT2D eigenvalue weighted by Crippen LogP contribution is 2.42. The summed E-state index contributed by atoms with van der Waals surface area (Å²) in [7, 11) is 4.13. The largest absolute Gasteiger partial charge is 0.378 e. The van der Waals surface area contributed by atoms with Gasteiger partial charge in [-0.1, -0.05) is 23.3 Å². The molecule has 0 aromatic heterocycles. The van der Waals surface area contributed by atoms with Crippen molar-refractivity contribution in [3.05, 3.63) is 54.6 Å².